The molecule has 39 heavy (non-hydrogen) atoms. The van der Waals surface area contributed by atoms with Gasteiger partial charge in [0.25, 0.3) is 10.0 Å². The molecule has 1 N–H and O–H groups in total. The predicted molar refractivity (Wildman–Crippen MR) is 148 cm³/mol. The number of aryl methyl sites for hydroxylation is 1. The standard InChI is InChI=1S/C29H22N4O4S2/c1-18-22-12-13-29(34,26(22)37-32-18)20-8-5-7-19(15-20)25-17-38-28(31-25)24-16-33(27-23(24)11-6-14-30-27)39(35,36)21-9-3-2-4-10-21/h2-11,14-17,34H,12-13H2,1H3. The number of aromatic nitrogens is 4. The summed E-state index contributed by atoms with van der Waals surface area (Å²) < 4.78 is 33.7. The van der Waals surface area contributed by atoms with Crippen LogP contribution >= 0.6 is 11.3 Å². The molecule has 6 aromatic rings. The molecule has 0 amide bonds. The Labute approximate surface area is 228 Å². The van der Waals surface area contributed by atoms with Gasteiger partial charge in [-0.3, -0.25) is 0 Å². The van der Waals surface area contributed by atoms with Crippen LogP contribution in [0.5, 0.6) is 0 Å². The molecule has 194 valence electrons. The minimum atomic E-state index is -3.85. The summed E-state index contributed by atoms with van der Waals surface area (Å²) in [5, 5.41) is 18.9. The highest BCUT2D eigenvalue weighted by Crippen LogP contribution is 2.44. The molecule has 7 rings (SSSR count). The van der Waals surface area contributed by atoms with E-state index < -0.39 is 15.6 Å². The Balaban J connectivity index is 1.29. The van der Waals surface area contributed by atoms with E-state index in [4.69, 9.17) is 9.51 Å². The number of pyridine rings is 1. The molecule has 2 aromatic carbocycles. The highest BCUT2D eigenvalue weighted by atomic mass is 32.2. The van der Waals surface area contributed by atoms with Gasteiger partial charge in [-0.15, -0.1) is 11.3 Å². The zero-order valence-electron chi connectivity index (χ0n) is 20.8. The third-order valence-electron chi connectivity index (χ3n) is 7.30. The first kappa shape index (κ1) is 24.0. The van der Waals surface area contributed by atoms with Crippen LogP contribution in [0.1, 0.15) is 29.0 Å². The van der Waals surface area contributed by atoms with E-state index >= 15 is 0 Å². The van der Waals surface area contributed by atoms with Crippen molar-refractivity contribution in [1.29, 1.82) is 0 Å². The summed E-state index contributed by atoms with van der Waals surface area (Å²) in [6.45, 7) is 1.89. The van der Waals surface area contributed by atoms with Gasteiger partial charge in [0.05, 0.1) is 16.3 Å². The van der Waals surface area contributed by atoms with Crippen LogP contribution in [0.3, 0.4) is 0 Å². The summed E-state index contributed by atoms with van der Waals surface area (Å²) in [6, 6.07) is 19.6. The maximum Gasteiger partial charge on any atom is 0.269 e. The molecular weight excluding hydrogens is 532 g/mol. The summed E-state index contributed by atoms with van der Waals surface area (Å²) in [7, 11) is -3.85. The Kier molecular flexibility index (Phi) is 5.35. The maximum absolute atomic E-state index is 13.5. The average Bonchev–Trinajstić information content (AvgIpc) is 3.74. The fourth-order valence-electron chi connectivity index (χ4n) is 5.26. The first-order valence-corrected chi connectivity index (χ1v) is 14.7. The van der Waals surface area contributed by atoms with Crippen molar-refractivity contribution in [2.75, 3.05) is 0 Å². The van der Waals surface area contributed by atoms with Gasteiger partial charge >= 0.3 is 0 Å². The van der Waals surface area contributed by atoms with Crippen molar-refractivity contribution in [3.63, 3.8) is 0 Å². The van der Waals surface area contributed by atoms with Gasteiger partial charge in [-0.1, -0.05) is 41.6 Å². The van der Waals surface area contributed by atoms with Gasteiger partial charge in [0, 0.05) is 39.9 Å². The van der Waals surface area contributed by atoms with E-state index in [1.165, 1.54) is 15.3 Å². The van der Waals surface area contributed by atoms with Crippen LogP contribution in [-0.4, -0.2) is 32.6 Å². The zero-order chi connectivity index (χ0) is 26.8. The van der Waals surface area contributed by atoms with E-state index in [9.17, 15) is 13.5 Å². The largest absolute Gasteiger partial charge is 0.377 e. The minimum Gasteiger partial charge on any atom is -0.377 e. The summed E-state index contributed by atoms with van der Waals surface area (Å²) in [6.07, 6.45) is 4.40. The lowest BCUT2D eigenvalue weighted by atomic mass is 9.90. The van der Waals surface area contributed by atoms with Gasteiger partial charge in [-0.2, -0.15) is 0 Å². The van der Waals surface area contributed by atoms with E-state index in [1.54, 1.807) is 48.8 Å². The Morgan fingerprint density at radius 1 is 1.08 bits per heavy atom. The first-order chi connectivity index (χ1) is 18.9. The molecule has 0 saturated carbocycles. The highest BCUT2D eigenvalue weighted by molar-refractivity contribution is 7.90. The monoisotopic (exact) mass is 554 g/mol. The average molecular weight is 555 g/mol. The van der Waals surface area contributed by atoms with Crippen molar-refractivity contribution in [3.05, 3.63) is 107 Å². The molecule has 0 fully saturated rings. The third kappa shape index (κ3) is 3.67. The van der Waals surface area contributed by atoms with Crippen LogP contribution in [0.2, 0.25) is 0 Å². The summed E-state index contributed by atoms with van der Waals surface area (Å²) >= 11 is 1.42. The summed E-state index contributed by atoms with van der Waals surface area (Å²) in [4.78, 5) is 9.45. The predicted octanol–water partition coefficient (Wildman–Crippen LogP) is 5.54. The second kappa shape index (κ2) is 8.70. The van der Waals surface area contributed by atoms with E-state index in [1.807, 2.05) is 42.6 Å². The number of aliphatic hydroxyl groups is 1. The number of fused-ring (bicyclic) bond motifs is 2. The fourth-order valence-corrected chi connectivity index (χ4v) is 7.46. The lowest BCUT2D eigenvalue weighted by Crippen LogP contribution is -2.23. The van der Waals surface area contributed by atoms with Crippen LogP contribution < -0.4 is 0 Å². The Morgan fingerprint density at radius 2 is 1.92 bits per heavy atom. The van der Waals surface area contributed by atoms with Crippen LogP contribution in [-0.2, 0) is 22.0 Å². The van der Waals surface area contributed by atoms with Crippen molar-refractivity contribution in [3.8, 4) is 21.8 Å². The van der Waals surface area contributed by atoms with Gasteiger partial charge in [0.2, 0.25) is 0 Å². The van der Waals surface area contributed by atoms with Crippen molar-refractivity contribution in [2.24, 2.45) is 0 Å². The van der Waals surface area contributed by atoms with E-state index in [2.05, 4.69) is 10.1 Å². The molecule has 0 spiro atoms. The molecule has 4 heterocycles. The molecule has 0 radical (unpaired) electrons. The molecule has 8 nitrogen and oxygen atoms in total. The second-order valence-electron chi connectivity index (χ2n) is 9.59. The maximum atomic E-state index is 13.5. The van der Waals surface area contributed by atoms with Crippen LogP contribution in [0, 0.1) is 6.92 Å². The lowest BCUT2D eigenvalue weighted by molar-refractivity contribution is 0.0534. The molecule has 10 heteroatoms. The quantitative estimate of drug-likeness (QED) is 0.298. The molecule has 0 saturated heterocycles. The van der Waals surface area contributed by atoms with Gasteiger partial charge < -0.3 is 9.63 Å². The van der Waals surface area contributed by atoms with Crippen LogP contribution in [0.25, 0.3) is 32.9 Å². The molecule has 1 aliphatic carbocycles. The fraction of sp³-hybridized carbons (Fsp3) is 0.138. The first-order valence-electron chi connectivity index (χ1n) is 12.4. The topological polar surface area (TPSA) is 111 Å². The van der Waals surface area contributed by atoms with Gasteiger partial charge in [0.15, 0.2) is 17.0 Å². The van der Waals surface area contributed by atoms with Crippen molar-refractivity contribution >= 4 is 32.4 Å². The molecule has 0 aliphatic heterocycles. The molecular formula is C29H22N4O4S2. The zero-order valence-corrected chi connectivity index (χ0v) is 22.4. The van der Waals surface area contributed by atoms with Crippen LogP contribution in [0.15, 0.2) is 93.9 Å². The number of hydrogen-bond donors (Lipinski definition) is 1. The summed E-state index contributed by atoms with van der Waals surface area (Å²) in [5.74, 6) is 0.510. The van der Waals surface area contributed by atoms with E-state index in [0.717, 1.165) is 28.1 Å². The Morgan fingerprint density at radius 3 is 2.77 bits per heavy atom. The Bertz CT molecular complexity index is 1970. The summed E-state index contributed by atoms with van der Waals surface area (Å²) in [5.41, 5.74) is 3.85. The number of thiazole rings is 1. The number of nitrogens with zero attached hydrogens (tertiary/aromatic N) is 4. The van der Waals surface area contributed by atoms with Crippen molar-refractivity contribution in [2.45, 2.75) is 30.3 Å². The molecule has 1 aliphatic rings. The van der Waals surface area contributed by atoms with E-state index in [-0.39, 0.29) is 4.90 Å². The van der Waals surface area contributed by atoms with Gasteiger partial charge in [-0.25, -0.2) is 22.4 Å². The third-order valence-corrected chi connectivity index (χ3v) is 9.84. The minimum absolute atomic E-state index is 0.186. The van der Waals surface area contributed by atoms with Gasteiger partial charge in [-0.05, 0) is 55.7 Å². The molecule has 0 bridgehead atoms. The highest BCUT2D eigenvalue weighted by Gasteiger charge is 2.43. The SMILES string of the molecule is Cc1noc2c1CCC2(O)c1cccc(-c2csc(-c3cn(S(=O)(=O)c4ccccc4)c4ncccc34)n2)c1. The molecule has 1 unspecified atom stereocenters. The van der Waals surface area contributed by atoms with Crippen LogP contribution in [0.4, 0.5) is 0 Å². The lowest BCUT2D eigenvalue weighted by Gasteiger charge is -2.22. The Hall–Kier alpha value is -4.12. The number of rotatable bonds is 5. The second-order valence-corrected chi connectivity index (χ2v) is 12.3. The van der Waals surface area contributed by atoms with E-state index in [0.29, 0.717) is 40.2 Å². The normalized spacial score (nSPS) is 17.1. The van der Waals surface area contributed by atoms with Gasteiger partial charge in [0.1, 0.15) is 5.01 Å². The number of benzene rings is 2. The smallest absolute Gasteiger partial charge is 0.269 e. The van der Waals surface area contributed by atoms with Crippen molar-refractivity contribution in [1.82, 2.24) is 19.1 Å². The molecule has 4 aromatic heterocycles. The van der Waals surface area contributed by atoms with Crippen molar-refractivity contribution < 1.29 is 18.0 Å². The molecule has 1 atom stereocenters. The number of hydrogen-bond acceptors (Lipinski definition) is 8.